The van der Waals surface area contributed by atoms with Crippen LogP contribution in [0.1, 0.15) is 139 Å². The van der Waals surface area contributed by atoms with Crippen molar-refractivity contribution in [3.05, 3.63) is 57.7 Å². The minimum atomic E-state index is -4.50. The molecule has 4 heterocycles. The summed E-state index contributed by atoms with van der Waals surface area (Å²) in [5.74, 6) is 0.0738. The number of thiol groups is 1. The van der Waals surface area contributed by atoms with Crippen LogP contribution in [0.5, 0.6) is 0 Å². The van der Waals surface area contributed by atoms with E-state index < -0.39 is 29.7 Å². The maximum absolute atomic E-state index is 13.1. The van der Waals surface area contributed by atoms with E-state index in [0.717, 1.165) is 40.6 Å². The maximum atomic E-state index is 13.1. The summed E-state index contributed by atoms with van der Waals surface area (Å²) in [6, 6.07) is 2.46. The Morgan fingerprint density at radius 3 is 2.14 bits per heavy atom. The molecule has 2 aromatic heterocycles. The molecule has 9 heteroatoms. The van der Waals surface area contributed by atoms with Crippen LogP contribution in [-0.4, -0.2) is 34.5 Å². The van der Waals surface area contributed by atoms with Gasteiger partial charge in [0.25, 0.3) is 0 Å². The van der Waals surface area contributed by atoms with Crippen molar-refractivity contribution in [2.75, 3.05) is 19.5 Å². The second kappa shape index (κ2) is 13.1. The fraction of sp³-hybridized carbons (Fsp3) is 0.697. The number of halogens is 3. The van der Waals surface area contributed by atoms with E-state index in [-0.39, 0.29) is 11.3 Å². The number of aromatic nitrogens is 2. The lowest BCUT2D eigenvalue weighted by Crippen LogP contribution is -2.37. The molecule has 1 N–H and O–H groups in total. The third kappa shape index (κ3) is 7.51. The molecule has 1 spiro atoms. The van der Waals surface area contributed by atoms with Crippen LogP contribution in [0.4, 0.5) is 13.2 Å². The predicted molar refractivity (Wildman–Crippen MR) is 164 cm³/mol. The predicted octanol–water partition coefficient (Wildman–Crippen LogP) is 8.74. The molecule has 236 valence electrons. The molecule has 5 rings (SSSR count). The molecule has 0 radical (unpaired) electrons. The third-order valence-electron chi connectivity index (χ3n) is 8.45. The van der Waals surface area contributed by atoms with Gasteiger partial charge in [-0.1, -0.05) is 67.9 Å². The van der Waals surface area contributed by atoms with Crippen LogP contribution in [-0.2, 0) is 27.7 Å². The molecule has 2 unspecified atom stereocenters. The van der Waals surface area contributed by atoms with Crippen LogP contribution in [0.3, 0.4) is 0 Å². The number of pyridine rings is 2. The van der Waals surface area contributed by atoms with Crippen LogP contribution in [0.15, 0.2) is 18.3 Å². The van der Waals surface area contributed by atoms with Gasteiger partial charge in [-0.2, -0.15) is 25.8 Å². The number of aliphatic hydroxyl groups is 1. The summed E-state index contributed by atoms with van der Waals surface area (Å²) in [7, 11) is 0. The number of hydrogen-bond acceptors (Lipinski definition) is 6. The summed E-state index contributed by atoms with van der Waals surface area (Å²) in [6.07, 6.45) is 1.07. The molecule has 0 aromatic carbocycles. The highest BCUT2D eigenvalue weighted by Gasteiger charge is 2.52. The Kier molecular flexibility index (Phi) is 10.9. The van der Waals surface area contributed by atoms with Crippen molar-refractivity contribution in [1.29, 1.82) is 0 Å². The molecule has 42 heavy (non-hydrogen) atoms. The summed E-state index contributed by atoms with van der Waals surface area (Å²) in [5, 5.41) is 11.3. The van der Waals surface area contributed by atoms with E-state index in [1.165, 1.54) is 18.7 Å². The van der Waals surface area contributed by atoms with Crippen molar-refractivity contribution >= 4 is 12.6 Å². The Hall–Kier alpha value is -1.68. The van der Waals surface area contributed by atoms with Gasteiger partial charge in [-0.15, -0.1) is 0 Å². The molecular formula is C33H49F3N2O3S. The van der Waals surface area contributed by atoms with Crippen molar-refractivity contribution in [1.82, 2.24) is 9.97 Å². The summed E-state index contributed by atoms with van der Waals surface area (Å²) in [4.78, 5) is 8.77. The fourth-order valence-corrected chi connectivity index (χ4v) is 5.90. The molecule has 2 aliphatic heterocycles. The molecule has 1 aliphatic carbocycles. The molecule has 2 atom stereocenters. The number of fused-ring (bicyclic) bond motifs is 4. The molecule has 3 aliphatic rings. The van der Waals surface area contributed by atoms with E-state index in [1.54, 1.807) is 6.26 Å². The van der Waals surface area contributed by atoms with Crippen molar-refractivity contribution in [3.63, 3.8) is 0 Å². The van der Waals surface area contributed by atoms with Crippen LogP contribution < -0.4 is 0 Å². The van der Waals surface area contributed by atoms with E-state index in [1.807, 2.05) is 0 Å². The highest BCUT2D eigenvalue weighted by Crippen LogP contribution is 2.57. The highest BCUT2D eigenvalue weighted by molar-refractivity contribution is 7.79. The maximum Gasteiger partial charge on any atom is 0.433 e. The lowest BCUT2D eigenvalue weighted by molar-refractivity contribution is -0.141. The summed E-state index contributed by atoms with van der Waals surface area (Å²) < 4.78 is 51.8. The van der Waals surface area contributed by atoms with Crippen molar-refractivity contribution in [3.8, 4) is 0 Å². The van der Waals surface area contributed by atoms with Crippen LogP contribution in [0.2, 0.25) is 0 Å². The quantitative estimate of drug-likeness (QED) is 0.333. The summed E-state index contributed by atoms with van der Waals surface area (Å²) in [6.45, 7) is 18.4. The van der Waals surface area contributed by atoms with E-state index in [2.05, 4.69) is 73.0 Å². The zero-order valence-electron chi connectivity index (χ0n) is 26.7. The number of alkyl halides is 3. The van der Waals surface area contributed by atoms with E-state index in [4.69, 9.17) is 14.5 Å². The van der Waals surface area contributed by atoms with Gasteiger partial charge in [-0.3, -0.25) is 9.97 Å². The minimum absolute atomic E-state index is 0.0738. The van der Waals surface area contributed by atoms with Crippen LogP contribution in [0.25, 0.3) is 0 Å². The molecular weight excluding hydrogens is 561 g/mol. The third-order valence-corrected chi connectivity index (χ3v) is 8.45. The van der Waals surface area contributed by atoms with Gasteiger partial charge in [0.05, 0.1) is 11.7 Å². The second-order valence-corrected chi connectivity index (χ2v) is 13.9. The summed E-state index contributed by atoms with van der Waals surface area (Å²) >= 11 is 3.53. The van der Waals surface area contributed by atoms with Gasteiger partial charge in [0.2, 0.25) is 0 Å². The standard InChI is InChI=1S/C26H31F3N2O3.C6H14.CH4S/c1-14(2)22-20-21(19-16(31-22)11-24(3,4)12-17(19)32)25(7-9-33-10-8-25)34-23(20)15-5-6-18(30-13-15)26(27,28)29;1-5-6(2,3)4;1-2/h5-6,13-14,17,23,32H,7-12H2,1-4H3;5H2,1-4H3;2H,1H3. The molecule has 2 aromatic rings. The smallest absolute Gasteiger partial charge is 0.388 e. The Morgan fingerprint density at radius 2 is 1.67 bits per heavy atom. The van der Waals surface area contributed by atoms with E-state index in [9.17, 15) is 18.3 Å². The molecule has 1 saturated heterocycles. The van der Waals surface area contributed by atoms with Crippen LogP contribution in [0, 0.1) is 10.8 Å². The Balaban J connectivity index is 0.000000541. The zero-order valence-corrected chi connectivity index (χ0v) is 27.5. The molecule has 0 saturated carbocycles. The van der Waals surface area contributed by atoms with Gasteiger partial charge < -0.3 is 14.6 Å². The van der Waals surface area contributed by atoms with Gasteiger partial charge in [-0.05, 0) is 47.5 Å². The van der Waals surface area contributed by atoms with Crippen molar-refractivity contribution < 1.29 is 27.8 Å². The Morgan fingerprint density at radius 1 is 1.07 bits per heavy atom. The molecule has 0 bridgehead atoms. The topological polar surface area (TPSA) is 64.5 Å². The largest absolute Gasteiger partial charge is 0.433 e. The van der Waals surface area contributed by atoms with Gasteiger partial charge in [-0.25, -0.2) is 0 Å². The number of ether oxygens (including phenoxy) is 2. The van der Waals surface area contributed by atoms with Gasteiger partial charge in [0, 0.05) is 60.3 Å². The lowest BCUT2D eigenvalue weighted by atomic mass is 9.70. The number of hydrogen-bond donors (Lipinski definition) is 2. The van der Waals surface area contributed by atoms with E-state index >= 15 is 0 Å². The van der Waals surface area contributed by atoms with E-state index in [0.29, 0.717) is 43.5 Å². The first-order valence-corrected chi connectivity index (χ1v) is 15.9. The first kappa shape index (κ1) is 34.8. The van der Waals surface area contributed by atoms with Gasteiger partial charge in [0.1, 0.15) is 11.8 Å². The first-order chi connectivity index (χ1) is 19.5. The van der Waals surface area contributed by atoms with Crippen molar-refractivity contribution in [2.24, 2.45) is 10.8 Å². The zero-order chi connectivity index (χ0) is 31.7. The van der Waals surface area contributed by atoms with Gasteiger partial charge >= 0.3 is 6.18 Å². The SMILES string of the molecule is CC(C)c1nc2c(c3c1C(c1ccc(C(F)(F)F)nc1)OC31CCOCC1)C(O)CC(C)(C)C2.CCC(C)(C)C.CS. The number of aliphatic hydroxyl groups excluding tert-OH is 1. The first-order valence-electron chi connectivity index (χ1n) is 15.0. The molecule has 0 amide bonds. The van der Waals surface area contributed by atoms with Crippen molar-refractivity contribution in [2.45, 2.75) is 117 Å². The lowest BCUT2D eigenvalue weighted by Gasteiger charge is -2.40. The van der Waals surface area contributed by atoms with Gasteiger partial charge in [0.15, 0.2) is 0 Å². The highest BCUT2D eigenvalue weighted by atomic mass is 32.1. The average molecular weight is 611 g/mol. The second-order valence-electron chi connectivity index (χ2n) is 13.9. The summed E-state index contributed by atoms with van der Waals surface area (Å²) in [5.41, 5.74) is 3.93. The minimum Gasteiger partial charge on any atom is -0.388 e. The number of nitrogens with zero attached hydrogens (tertiary/aromatic N) is 2. The van der Waals surface area contributed by atoms with Crippen LogP contribution >= 0.6 is 12.6 Å². The fourth-order valence-electron chi connectivity index (χ4n) is 5.90. The average Bonchev–Trinajstić information content (AvgIpc) is 3.22. The number of rotatable bonds is 2. The Labute approximate surface area is 255 Å². The normalized spacial score (nSPS) is 22.5. The molecule has 1 fully saturated rings. The Bertz CT molecular complexity index is 1200. The molecule has 5 nitrogen and oxygen atoms in total. The monoisotopic (exact) mass is 610 g/mol.